The molecule has 1 aliphatic heterocycles. The van der Waals surface area contributed by atoms with E-state index < -0.39 is 12.5 Å². The maximum atomic E-state index is 12.1. The van der Waals surface area contributed by atoms with E-state index in [-0.39, 0.29) is 18.4 Å². The second-order valence-electron chi connectivity index (χ2n) is 5.36. The van der Waals surface area contributed by atoms with Crippen LogP contribution in [0, 0.1) is 0 Å². The molecule has 1 fully saturated rings. The summed E-state index contributed by atoms with van der Waals surface area (Å²) in [6, 6.07) is 14.8. The lowest BCUT2D eigenvalue weighted by atomic mass is 10.1. The smallest absolute Gasteiger partial charge is 0.439 e. The zero-order chi connectivity index (χ0) is 17.2. The molecule has 126 valence electrons. The van der Waals surface area contributed by atoms with Gasteiger partial charge >= 0.3 is 12.5 Å². The van der Waals surface area contributed by atoms with Gasteiger partial charge in [0.25, 0.3) is 0 Å². The summed E-state index contributed by atoms with van der Waals surface area (Å²) < 4.78 is 45.6. The lowest BCUT2D eigenvalue weighted by Crippen LogP contribution is -2.23. The van der Waals surface area contributed by atoms with Crippen LogP contribution in [0.15, 0.2) is 54.6 Å². The molecule has 1 atom stereocenters. The van der Waals surface area contributed by atoms with Crippen molar-refractivity contribution >= 4 is 6.09 Å². The zero-order valence-corrected chi connectivity index (χ0v) is 12.5. The molecule has 3 rings (SSSR count). The van der Waals surface area contributed by atoms with Crippen LogP contribution in [0.1, 0.15) is 17.2 Å². The standard InChI is InChI=1S/C17H14F3NO3/c18-17(19,20)24-14-8-6-12(7-9-14)10-21-11-15(23-16(21)22)13-4-2-1-3-5-13/h1-9,15H,10-11H2. The SMILES string of the molecule is O=C1OC(c2ccccc2)CN1Cc1ccc(OC(F)(F)F)cc1. The highest BCUT2D eigenvalue weighted by Crippen LogP contribution is 2.28. The molecule has 0 N–H and O–H groups in total. The Morgan fingerprint density at radius 1 is 1.08 bits per heavy atom. The molecular weight excluding hydrogens is 323 g/mol. The van der Waals surface area contributed by atoms with E-state index >= 15 is 0 Å². The van der Waals surface area contributed by atoms with Crippen molar-refractivity contribution in [3.63, 3.8) is 0 Å². The Balaban J connectivity index is 1.63. The van der Waals surface area contributed by atoms with Gasteiger partial charge in [-0.15, -0.1) is 13.2 Å². The molecule has 4 nitrogen and oxygen atoms in total. The first-order valence-electron chi connectivity index (χ1n) is 7.26. The fourth-order valence-corrected chi connectivity index (χ4v) is 2.50. The molecule has 1 amide bonds. The predicted octanol–water partition coefficient (Wildman–Crippen LogP) is 4.28. The molecule has 7 heteroatoms. The monoisotopic (exact) mass is 337 g/mol. The third-order valence-electron chi connectivity index (χ3n) is 3.59. The van der Waals surface area contributed by atoms with Crippen LogP contribution in [-0.4, -0.2) is 23.9 Å². The average molecular weight is 337 g/mol. The van der Waals surface area contributed by atoms with Crippen molar-refractivity contribution in [3.05, 3.63) is 65.7 Å². The largest absolute Gasteiger partial charge is 0.573 e. The van der Waals surface area contributed by atoms with Crippen molar-refractivity contribution in [3.8, 4) is 5.75 Å². The third kappa shape index (κ3) is 3.98. The number of cyclic esters (lactones) is 1. The fraction of sp³-hybridized carbons (Fsp3) is 0.235. The molecule has 1 saturated heterocycles. The summed E-state index contributed by atoms with van der Waals surface area (Å²) in [7, 11) is 0. The van der Waals surface area contributed by atoms with Gasteiger partial charge in [-0.05, 0) is 23.3 Å². The van der Waals surface area contributed by atoms with E-state index in [0.29, 0.717) is 12.1 Å². The van der Waals surface area contributed by atoms with Gasteiger partial charge in [0.1, 0.15) is 11.9 Å². The number of amides is 1. The second kappa shape index (κ2) is 6.43. The minimum absolute atomic E-state index is 0.258. The number of hydrogen-bond acceptors (Lipinski definition) is 3. The first kappa shape index (κ1) is 16.2. The number of ether oxygens (including phenoxy) is 2. The number of carbonyl (C=O) groups is 1. The number of rotatable bonds is 4. The quantitative estimate of drug-likeness (QED) is 0.836. The number of nitrogens with zero attached hydrogens (tertiary/aromatic N) is 1. The second-order valence-corrected chi connectivity index (χ2v) is 5.36. The van der Waals surface area contributed by atoms with E-state index in [0.717, 1.165) is 5.56 Å². The van der Waals surface area contributed by atoms with Crippen LogP contribution in [-0.2, 0) is 11.3 Å². The van der Waals surface area contributed by atoms with Gasteiger partial charge in [0.05, 0.1) is 6.54 Å². The molecule has 1 heterocycles. The van der Waals surface area contributed by atoms with Crippen LogP contribution >= 0.6 is 0 Å². The van der Waals surface area contributed by atoms with Gasteiger partial charge in [0, 0.05) is 6.54 Å². The van der Waals surface area contributed by atoms with Gasteiger partial charge in [0.15, 0.2) is 0 Å². The molecule has 0 aliphatic carbocycles. The van der Waals surface area contributed by atoms with Crippen molar-refractivity contribution in [1.82, 2.24) is 4.90 Å². The maximum absolute atomic E-state index is 12.1. The molecule has 2 aromatic rings. The Labute approximate surface area is 136 Å². The van der Waals surface area contributed by atoms with E-state index in [1.807, 2.05) is 30.3 Å². The molecule has 1 unspecified atom stereocenters. The van der Waals surface area contributed by atoms with Crippen LogP contribution < -0.4 is 4.74 Å². The molecule has 1 aliphatic rings. The first-order valence-corrected chi connectivity index (χ1v) is 7.26. The van der Waals surface area contributed by atoms with Gasteiger partial charge < -0.3 is 9.47 Å². The molecule has 0 saturated carbocycles. The summed E-state index contributed by atoms with van der Waals surface area (Å²) in [5.41, 5.74) is 1.59. The molecule has 0 bridgehead atoms. The summed E-state index contributed by atoms with van der Waals surface area (Å²) in [6.45, 7) is 0.651. The molecule has 0 radical (unpaired) electrons. The molecule has 24 heavy (non-hydrogen) atoms. The van der Waals surface area contributed by atoms with Crippen LogP contribution in [0.3, 0.4) is 0 Å². The van der Waals surface area contributed by atoms with Gasteiger partial charge in [-0.25, -0.2) is 4.79 Å². The summed E-state index contributed by atoms with van der Waals surface area (Å²) in [4.78, 5) is 13.5. The summed E-state index contributed by atoms with van der Waals surface area (Å²) >= 11 is 0. The fourth-order valence-electron chi connectivity index (χ4n) is 2.50. The van der Waals surface area contributed by atoms with E-state index in [1.54, 1.807) is 0 Å². The van der Waals surface area contributed by atoms with Crippen molar-refractivity contribution < 1.29 is 27.4 Å². The Bertz CT molecular complexity index is 701. The molecular formula is C17H14F3NO3. The number of hydrogen-bond donors (Lipinski definition) is 0. The lowest BCUT2D eigenvalue weighted by molar-refractivity contribution is -0.274. The van der Waals surface area contributed by atoms with E-state index in [4.69, 9.17) is 4.74 Å². The highest BCUT2D eigenvalue weighted by Gasteiger charge is 2.33. The van der Waals surface area contributed by atoms with Crippen molar-refractivity contribution in [2.24, 2.45) is 0 Å². The van der Waals surface area contributed by atoms with Crippen LogP contribution in [0.2, 0.25) is 0 Å². The maximum Gasteiger partial charge on any atom is 0.573 e. The number of carbonyl (C=O) groups excluding carboxylic acids is 1. The lowest BCUT2D eigenvalue weighted by Gasteiger charge is -2.14. The summed E-state index contributed by atoms with van der Waals surface area (Å²) in [5.74, 6) is -0.294. The van der Waals surface area contributed by atoms with Crippen LogP contribution in [0.25, 0.3) is 0 Å². The summed E-state index contributed by atoms with van der Waals surface area (Å²) in [5, 5.41) is 0. The van der Waals surface area contributed by atoms with Gasteiger partial charge in [-0.1, -0.05) is 42.5 Å². The molecule has 0 spiro atoms. The number of benzene rings is 2. The van der Waals surface area contributed by atoms with Crippen LogP contribution in [0.5, 0.6) is 5.75 Å². The first-order chi connectivity index (χ1) is 11.4. The Hall–Kier alpha value is -2.70. The van der Waals surface area contributed by atoms with E-state index in [2.05, 4.69) is 4.74 Å². The highest BCUT2D eigenvalue weighted by molar-refractivity contribution is 5.70. The van der Waals surface area contributed by atoms with Crippen molar-refractivity contribution in [1.29, 1.82) is 0 Å². The Morgan fingerprint density at radius 3 is 2.38 bits per heavy atom. The minimum atomic E-state index is -4.72. The minimum Gasteiger partial charge on any atom is -0.439 e. The van der Waals surface area contributed by atoms with Crippen molar-refractivity contribution in [2.45, 2.75) is 19.0 Å². The predicted molar refractivity (Wildman–Crippen MR) is 79.2 cm³/mol. The van der Waals surface area contributed by atoms with Crippen LogP contribution in [0.4, 0.5) is 18.0 Å². The van der Waals surface area contributed by atoms with Gasteiger partial charge in [0.2, 0.25) is 0 Å². The Morgan fingerprint density at radius 2 is 1.75 bits per heavy atom. The highest BCUT2D eigenvalue weighted by atomic mass is 19.4. The molecule has 2 aromatic carbocycles. The Kier molecular flexibility index (Phi) is 4.33. The van der Waals surface area contributed by atoms with E-state index in [9.17, 15) is 18.0 Å². The van der Waals surface area contributed by atoms with Gasteiger partial charge in [-0.3, -0.25) is 4.90 Å². The topological polar surface area (TPSA) is 38.8 Å². The van der Waals surface area contributed by atoms with Crippen molar-refractivity contribution in [2.75, 3.05) is 6.54 Å². The molecule has 0 aromatic heterocycles. The normalized spacial score (nSPS) is 17.7. The van der Waals surface area contributed by atoms with E-state index in [1.165, 1.54) is 29.2 Å². The zero-order valence-electron chi connectivity index (χ0n) is 12.5. The number of halogens is 3. The van der Waals surface area contributed by atoms with Gasteiger partial charge in [-0.2, -0.15) is 0 Å². The average Bonchev–Trinajstić information content (AvgIpc) is 2.90. The number of alkyl halides is 3. The third-order valence-corrected chi connectivity index (χ3v) is 3.59. The summed E-state index contributed by atoms with van der Waals surface area (Å²) in [6.07, 6.45) is -5.51.